The van der Waals surface area contributed by atoms with E-state index in [9.17, 15) is 10.2 Å². The molecule has 1 aliphatic heterocycles. The lowest BCUT2D eigenvalue weighted by atomic mass is 10.1. The van der Waals surface area contributed by atoms with Crippen molar-refractivity contribution in [2.45, 2.75) is 31.5 Å². The minimum absolute atomic E-state index is 0.0984. The molecule has 116 valence electrons. The summed E-state index contributed by atoms with van der Waals surface area (Å²) in [6.07, 6.45) is 0.203. The third-order valence-electron chi connectivity index (χ3n) is 3.24. The lowest BCUT2D eigenvalue weighted by Gasteiger charge is -2.29. The van der Waals surface area contributed by atoms with E-state index in [4.69, 9.17) is 21.3 Å². The number of nitrogen functional groups attached to an aromatic ring is 2. The van der Waals surface area contributed by atoms with Crippen molar-refractivity contribution in [1.82, 2.24) is 9.97 Å². The molecular formula is C12H19N5O4. The third kappa shape index (κ3) is 2.76. The number of aromatic nitrogens is 2. The van der Waals surface area contributed by atoms with Crippen LogP contribution >= 0.6 is 0 Å². The van der Waals surface area contributed by atoms with Gasteiger partial charge in [-0.1, -0.05) is 6.08 Å². The summed E-state index contributed by atoms with van der Waals surface area (Å²) in [5, 5.41) is 29.1. The Balaban J connectivity index is 2.38. The molecule has 9 nitrogen and oxygen atoms in total. The zero-order valence-corrected chi connectivity index (χ0v) is 11.5. The van der Waals surface area contributed by atoms with Gasteiger partial charge in [0, 0.05) is 6.20 Å². The van der Waals surface area contributed by atoms with Gasteiger partial charge in [-0.2, -0.15) is 0 Å². The Bertz CT molecular complexity index is 526. The number of nitrogens with zero attached hydrogens (tertiary/aromatic N) is 3. The van der Waals surface area contributed by atoms with Crippen molar-refractivity contribution in [3.05, 3.63) is 18.6 Å². The highest BCUT2D eigenvalue weighted by Crippen LogP contribution is 2.31. The van der Waals surface area contributed by atoms with Gasteiger partial charge in [0.05, 0.1) is 6.61 Å². The highest BCUT2D eigenvalue weighted by Gasteiger charge is 2.45. The fourth-order valence-electron chi connectivity index (χ4n) is 2.15. The molecular weight excluding hydrogens is 278 g/mol. The van der Waals surface area contributed by atoms with Crippen LogP contribution in [0.1, 0.15) is 6.92 Å². The van der Waals surface area contributed by atoms with E-state index in [0.29, 0.717) is 0 Å². The maximum absolute atomic E-state index is 10.1. The number of anilines is 3. The maximum Gasteiger partial charge on any atom is 0.164 e. The van der Waals surface area contributed by atoms with E-state index in [2.05, 4.69) is 9.97 Å². The average molecular weight is 297 g/mol. The summed E-state index contributed by atoms with van der Waals surface area (Å²) in [5.74, 6) is 0.344. The Kier molecular flexibility index (Phi) is 4.58. The molecule has 0 unspecified atom stereocenters. The molecule has 2 rings (SSSR count). The van der Waals surface area contributed by atoms with E-state index in [1.54, 1.807) is 19.2 Å². The number of hydrogen-bond donors (Lipinski definition) is 5. The number of hydrogen-bond acceptors (Lipinski definition) is 9. The lowest BCUT2D eigenvalue weighted by Crippen LogP contribution is -2.42. The molecule has 2 heterocycles. The highest BCUT2D eigenvalue weighted by atomic mass is 16.6. The number of rotatable bonds is 4. The minimum Gasteiger partial charge on any atom is -0.394 e. The van der Waals surface area contributed by atoms with Crippen molar-refractivity contribution in [3.8, 4) is 0 Å². The fourth-order valence-corrected chi connectivity index (χ4v) is 2.15. The van der Waals surface area contributed by atoms with Crippen molar-refractivity contribution in [1.29, 1.82) is 0 Å². The van der Waals surface area contributed by atoms with Crippen LogP contribution in [-0.4, -0.2) is 56.4 Å². The van der Waals surface area contributed by atoms with Crippen LogP contribution in [0, 0.1) is 0 Å². The van der Waals surface area contributed by atoms with Crippen LogP contribution in [0.5, 0.6) is 0 Å². The SMILES string of the molecule is C/C=C\N(c1ncnc(N)c1N)[C@@H]1O[C@H](CO)[C@@H](O)[C@@H]1O. The molecule has 21 heavy (non-hydrogen) atoms. The van der Waals surface area contributed by atoms with Gasteiger partial charge in [-0.05, 0) is 6.92 Å². The van der Waals surface area contributed by atoms with Crippen LogP contribution in [0.2, 0.25) is 0 Å². The van der Waals surface area contributed by atoms with E-state index >= 15 is 0 Å². The molecule has 1 saturated heterocycles. The lowest BCUT2D eigenvalue weighted by molar-refractivity contribution is -0.0203. The van der Waals surface area contributed by atoms with Crippen LogP contribution < -0.4 is 16.4 Å². The van der Waals surface area contributed by atoms with E-state index in [-0.39, 0.29) is 17.3 Å². The third-order valence-corrected chi connectivity index (χ3v) is 3.24. The number of aliphatic hydroxyl groups excluding tert-OH is 3. The van der Waals surface area contributed by atoms with E-state index in [0.717, 1.165) is 0 Å². The number of nitrogens with two attached hydrogens (primary N) is 2. The molecule has 4 atom stereocenters. The van der Waals surface area contributed by atoms with Crippen LogP contribution in [0.25, 0.3) is 0 Å². The quantitative estimate of drug-likeness (QED) is 0.443. The molecule has 0 saturated carbocycles. The molecule has 0 aromatic carbocycles. The normalized spacial score (nSPS) is 29.1. The van der Waals surface area contributed by atoms with Gasteiger partial charge in [0.15, 0.2) is 17.9 Å². The first-order valence-corrected chi connectivity index (χ1v) is 6.40. The van der Waals surface area contributed by atoms with Gasteiger partial charge in [0.1, 0.15) is 30.3 Å². The molecule has 9 heteroatoms. The summed E-state index contributed by atoms with van der Waals surface area (Å²) in [6, 6.07) is 0. The van der Waals surface area contributed by atoms with Crippen LogP contribution in [0.3, 0.4) is 0 Å². The van der Waals surface area contributed by atoms with Crippen LogP contribution in [-0.2, 0) is 4.74 Å². The number of aliphatic hydroxyl groups is 3. The number of allylic oxidation sites excluding steroid dienone is 1. The standard InChI is InChI=1S/C12H19N5O4/c1-2-3-17(11-7(13)10(14)15-5-16-11)12-9(20)8(19)6(4-18)21-12/h2-3,5-6,8-9,12,18-20H,4,13H2,1H3,(H2,14,15,16)/b3-2-/t6-,8-,9+,12-/m1/s1. The van der Waals surface area contributed by atoms with Crippen LogP contribution in [0.4, 0.5) is 17.3 Å². The summed E-state index contributed by atoms with van der Waals surface area (Å²) in [7, 11) is 0. The molecule has 1 fully saturated rings. The van der Waals surface area contributed by atoms with Crippen molar-refractivity contribution < 1.29 is 20.1 Å². The highest BCUT2D eigenvalue weighted by molar-refractivity contribution is 5.74. The summed E-state index contributed by atoms with van der Waals surface area (Å²) < 4.78 is 5.47. The molecule has 0 amide bonds. The van der Waals surface area contributed by atoms with Crippen molar-refractivity contribution in [3.63, 3.8) is 0 Å². The first-order valence-electron chi connectivity index (χ1n) is 6.40. The molecule has 0 radical (unpaired) electrons. The molecule has 0 aliphatic carbocycles. The smallest absolute Gasteiger partial charge is 0.164 e. The first kappa shape index (κ1) is 15.4. The predicted molar refractivity (Wildman–Crippen MR) is 75.9 cm³/mol. The molecule has 0 bridgehead atoms. The molecule has 7 N–H and O–H groups in total. The monoisotopic (exact) mass is 297 g/mol. The second kappa shape index (κ2) is 6.22. The number of ether oxygens (including phenoxy) is 1. The van der Waals surface area contributed by atoms with Gasteiger partial charge < -0.3 is 36.4 Å². The fraction of sp³-hybridized carbons (Fsp3) is 0.500. The van der Waals surface area contributed by atoms with Crippen molar-refractivity contribution in [2.75, 3.05) is 23.0 Å². The van der Waals surface area contributed by atoms with Crippen LogP contribution in [0.15, 0.2) is 18.6 Å². The summed E-state index contributed by atoms with van der Waals surface area (Å²) in [6.45, 7) is 1.34. The van der Waals surface area contributed by atoms with E-state index in [1.807, 2.05) is 0 Å². The summed E-state index contributed by atoms with van der Waals surface area (Å²) >= 11 is 0. The largest absolute Gasteiger partial charge is 0.394 e. The molecule has 0 spiro atoms. The summed E-state index contributed by atoms with van der Waals surface area (Å²) in [5.41, 5.74) is 11.6. The first-order chi connectivity index (χ1) is 10.0. The second-order valence-corrected chi connectivity index (χ2v) is 4.61. The van der Waals surface area contributed by atoms with E-state index in [1.165, 1.54) is 11.2 Å². The zero-order valence-electron chi connectivity index (χ0n) is 11.5. The average Bonchev–Trinajstić information content (AvgIpc) is 2.76. The van der Waals surface area contributed by atoms with Crippen molar-refractivity contribution in [2.24, 2.45) is 0 Å². The Morgan fingerprint density at radius 2 is 2.05 bits per heavy atom. The topological polar surface area (TPSA) is 151 Å². The zero-order chi connectivity index (χ0) is 15.6. The predicted octanol–water partition coefficient (Wildman–Crippen LogP) is -1.58. The summed E-state index contributed by atoms with van der Waals surface area (Å²) in [4.78, 5) is 9.25. The van der Waals surface area contributed by atoms with Gasteiger partial charge in [0.25, 0.3) is 0 Å². The molecule has 1 aliphatic rings. The van der Waals surface area contributed by atoms with Crippen molar-refractivity contribution >= 4 is 17.3 Å². The van der Waals surface area contributed by atoms with Gasteiger partial charge in [-0.3, -0.25) is 0 Å². The Hall–Kier alpha value is -1.94. The van der Waals surface area contributed by atoms with Gasteiger partial charge in [-0.15, -0.1) is 0 Å². The minimum atomic E-state index is -1.24. The Morgan fingerprint density at radius 3 is 2.62 bits per heavy atom. The van der Waals surface area contributed by atoms with E-state index < -0.39 is 31.1 Å². The van der Waals surface area contributed by atoms with Gasteiger partial charge >= 0.3 is 0 Å². The Morgan fingerprint density at radius 1 is 1.33 bits per heavy atom. The molecule has 1 aromatic rings. The molecule has 1 aromatic heterocycles. The second-order valence-electron chi connectivity index (χ2n) is 4.61. The van der Waals surface area contributed by atoms with Gasteiger partial charge in [-0.25, -0.2) is 9.97 Å². The van der Waals surface area contributed by atoms with Gasteiger partial charge in [0.2, 0.25) is 0 Å². The maximum atomic E-state index is 10.1. The Labute approximate surface area is 121 Å².